The van der Waals surface area contributed by atoms with Crippen molar-refractivity contribution in [3.05, 3.63) is 59.4 Å². The Morgan fingerprint density at radius 3 is 2.40 bits per heavy atom. The van der Waals surface area contributed by atoms with Crippen LogP contribution < -0.4 is 4.72 Å². The summed E-state index contributed by atoms with van der Waals surface area (Å²) in [6.07, 6.45) is 3.15. The molecule has 0 aliphatic heterocycles. The van der Waals surface area contributed by atoms with E-state index in [9.17, 15) is 8.42 Å². The number of benzene rings is 1. The van der Waals surface area contributed by atoms with Crippen molar-refractivity contribution in [1.82, 2.24) is 4.98 Å². The van der Waals surface area contributed by atoms with Gasteiger partial charge in [0.15, 0.2) is 0 Å². The molecule has 1 aromatic carbocycles. The number of sulfonamides is 1. The quantitative estimate of drug-likeness (QED) is 0.881. The molecule has 2 rings (SSSR count). The SMILES string of the molecule is Cc1cnccc1NS(=O)(=O)Cc1ccc(CO)cc1. The summed E-state index contributed by atoms with van der Waals surface area (Å²) in [4.78, 5) is 3.92. The third-order valence-electron chi connectivity index (χ3n) is 2.85. The molecule has 106 valence electrons. The van der Waals surface area contributed by atoms with Gasteiger partial charge in [0.2, 0.25) is 10.0 Å². The largest absolute Gasteiger partial charge is 0.392 e. The lowest BCUT2D eigenvalue weighted by Gasteiger charge is -2.10. The molecular weight excluding hydrogens is 276 g/mol. The number of anilines is 1. The Morgan fingerprint density at radius 2 is 1.80 bits per heavy atom. The van der Waals surface area contributed by atoms with Crippen LogP contribution in [-0.4, -0.2) is 18.5 Å². The van der Waals surface area contributed by atoms with Crippen molar-refractivity contribution in [2.45, 2.75) is 19.3 Å². The van der Waals surface area contributed by atoms with E-state index < -0.39 is 10.0 Å². The number of rotatable bonds is 5. The van der Waals surface area contributed by atoms with Gasteiger partial charge in [-0.15, -0.1) is 0 Å². The first-order valence-electron chi connectivity index (χ1n) is 6.10. The molecule has 0 aliphatic rings. The van der Waals surface area contributed by atoms with E-state index in [-0.39, 0.29) is 12.4 Å². The average molecular weight is 292 g/mol. The van der Waals surface area contributed by atoms with Crippen molar-refractivity contribution in [3.8, 4) is 0 Å². The maximum atomic E-state index is 12.1. The number of pyridine rings is 1. The summed E-state index contributed by atoms with van der Waals surface area (Å²) in [5.41, 5.74) is 2.73. The highest BCUT2D eigenvalue weighted by Crippen LogP contribution is 2.16. The maximum Gasteiger partial charge on any atom is 0.236 e. The smallest absolute Gasteiger partial charge is 0.236 e. The van der Waals surface area contributed by atoms with E-state index in [1.165, 1.54) is 0 Å². The first-order valence-corrected chi connectivity index (χ1v) is 7.75. The Kier molecular flexibility index (Phi) is 4.36. The van der Waals surface area contributed by atoms with Crippen molar-refractivity contribution in [3.63, 3.8) is 0 Å². The molecule has 6 heteroatoms. The van der Waals surface area contributed by atoms with Crippen molar-refractivity contribution in [2.24, 2.45) is 0 Å². The second-order valence-electron chi connectivity index (χ2n) is 4.53. The number of aryl methyl sites for hydroxylation is 1. The van der Waals surface area contributed by atoms with Gasteiger partial charge in [0, 0.05) is 12.4 Å². The highest BCUT2D eigenvalue weighted by molar-refractivity contribution is 7.91. The second-order valence-corrected chi connectivity index (χ2v) is 6.25. The molecule has 0 aliphatic carbocycles. The Morgan fingerprint density at radius 1 is 1.15 bits per heavy atom. The standard InChI is InChI=1S/C14H16N2O3S/c1-11-8-15-7-6-14(11)16-20(18,19)10-13-4-2-12(9-17)3-5-13/h2-8,17H,9-10H2,1H3,(H,15,16). The maximum absolute atomic E-state index is 12.1. The summed E-state index contributed by atoms with van der Waals surface area (Å²) >= 11 is 0. The number of hydrogen-bond acceptors (Lipinski definition) is 4. The zero-order valence-corrected chi connectivity index (χ0v) is 11.9. The van der Waals surface area contributed by atoms with Gasteiger partial charge in [0.25, 0.3) is 0 Å². The molecule has 2 N–H and O–H groups in total. The van der Waals surface area contributed by atoms with E-state index >= 15 is 0 Å². The van der Waals surface area contributed by atoms with Crippen LogP contribution in [-0.2, 0) is 22.4 Å². The Bertz CT molecular complexity index is 682. The summed E-state index contributed by atoms with van der Waals surface area (Å²) in [5.74, 6) is -0.111. The van der Waals surface area contributed by atoms with E-state index in [4.69, 9.17) is 5.11 Å². The molecule has 0 saturated carbocycles. The van der Waals surface area contributed by atoms with Gasteiger partial charge in [-0.05, 0) is 29.7 Å². The predicted molar refractivity (Wildman–Crippen MR) is 77.6 cm³/mol. The lowest BCUT2D eigenvalue weighted by Crippen LogP contribution is -2.15. The fourth-order valence-electron chi connectivity index (χ4n) is 1.75. The number of nitrogens with zero attached hydrogens (tertiary/aromatic N) is 1. The molecule has 0 fully saturated rings. The van der Waals surface area contributed by atoms with Crippen molar-refractivity contribution < 1.29 is 13.5 Å². The van der Waals surface area contributed by atoms with Gasteiger partial charge in [-0.25, -0.2) is 8.42 Å². The highest BCUT2D eigenvalue weighted by Gasteiger charge is 2.12. The highest BCUT2D eigenvalue weighted by atomic mass is 32.2. The summed E-state index contributed by atoms with van der Waals surface area (Å²) in [5, 5.41) is 8.95. The minimum Gasteiger partial charge on any atom is -0.392 e. The van der Waals surface area contributed by atoms with Crippen LogP contribution >= 0.6 is 0 Å². The molecule has 1 aromatic heterocycles. The molecule has 0 spiro atoms. The molecule has 0 radical (unpaired) electrons. The third kappa shape index (κ3) is 3.79. The molecule has 0 bridgehead atoms. The topological polar surface area (TPSA) is 79.3 Å². The number of aromatic nitrogens is 1. The fourth-order valence-corrected chi connectivity index (χ4v) is 3.02. The Hall–Kier alpha value is -1.92. The van der Waals surface area contributed by atoms with Crippen LogP contribution in [0.1, 0.15) is 16.7 Å². The van der Waals surface area contributed by atoms with Crippen LogP contribution in [0.4, 0.5) is 5.69 Å². The summed E-state index contributed by atoms with van der Waals surface area (Å²) < 4.78 is 26.7. The molecule has 2 aromatic rings. The van der Waals surface area contributed by atoms with Crippen molar-refractivity contribution in [2.75, 3.05) is 4.72 Å². The zero-order valence-electron chi connectivity index (χ0n) is 11.1. The fraction of sp³-hybridized carbons (Fsp3) is 0.214. The Labute approximate surface area is 118 Å². The van der Waals surface area contributed by atoms with Crippen molar-refractivity contribution >= 4 is 15.7 Å². The molecule has 20 heavy (non-hydrogen) atoms. The molecule has 0 amide bonds. The Balaban J connectivity index is 2.13. The normalized spacial score (nSPS) is 11.3. The summed E-state index contributed by atoms with van der Waals surface area (Å²) in [6.45, 7) is 1.74. The number of hydrogen-bond donors (Lipinski definition) is 2. The average Bonchev–Trinajstić information content (AvgIpc) is 2.41. The molecule has 0 atom stereocenters. The molecule has 1 heterocycles. The third-order valence-corrected chi connectivity index (χ3v) is 4.09. The first kappa shape index (κ1) is 14.5. The lowest BCUT2D eigenvalue weighted by atomic mass is 10.2. The van der Waals surface area contributed by atoms with E-state index in [1.807, 2.05) is 0 Å². The predicted octanol–water partition coefficient (Wildman–Crippen LogP) is 1.82. The van der Waals surface area contributed by atoms with Gasteiger partial charge in [-0.3, -0.25) is 9.71 Å². The number of nitrogens with one attached hydrogen (secondary N) is 1. The van der Waals surface area contributed by atoms with Crippen LogP contribution in [0.2, 0.25) is 0 Å². The zero-order chi connectivity index (χ0) is 14.6. The van der Waals surface area contributed by atoms with Gasteiger partial charge >= 0.3 is 0 Å². The number of aliphatic hydroxyl groups excluding tert-OH is 1. The molecular formula is C14H16N2O3S. The van der Waals surface area contributed by atoms with Gasteiger partial charge < -0.3 is 5.11 Å². The van der Waals surface area contributed by atoms with Crippen LogP contribution in [0.3, 0.4) is 0 Å². The molecule has 0 saturated heterocycles. The van der Waals surface area contributed by atoms with Crippen LogP contribution in [0.5, 0.6) is 0 Å². The van der Waals surface area contributed by atoms with E-state index in [0.717, 1.165) is 11.1 Å². The molecule has 0 unspecified atom stereocenters. The first-order chi connectivity index (χ1) is 9.50. The van der Waals surface area contributed by atoms with Crippen molar-refractivity contribution in [1.29, 1.82) is 0 Å². The van der Waals surface area contributed by atoms with Gasteiger partial charge in [0.05, 0.1) is 18.0 Å². The molecule has 5 nitrogen and oxygen atoms in total. The van der Waals surface area contributed by atoms with Crippen LogP contribution in [0.15, 0.2) is 42.7 Å². The summed E-state index contributed by atoms with van der Waals surface area (Å²) in [7, 11) is -3.47. The van der Waals surface area contributed by atoms with Gasteiger partial charge in [0.1, 0.15) is 0 Å². The van der Waals surface area contributed by atoms with E-state index in [0.29, 0.717) is 11.3 Å². The second kappa shape index (κ2) is 6.02. The lowest BCUT2D eigenvalue weighted by molar-refractivity contribution is 0.282. The number of aliphatic hydroxyl groups is 1. The van der Waals surface area contributed by atoms with Gasteiger partial charge in [-0.1, -0.05) is 24.3 Å². The van der Waals surface area contributed by atoms with E-state index in [2.05, 4.69) is 9.71 Å². The minimum atomic E-state index is -3.47. The minimum absolute atomic E-state index is 0.0541. The van der Waals surface area contributed by atoms with Crippen LogP contribution in [0, 0.1) is 6.92 Å². The van der Waals surface area contributed by atoms with Crippen LogP contribution in [0.25, 0.3) is 0 Å². The van der Waals surface area contributed by atoms with Gasteiger partial charge in [-0.2, -0.15) is 0 Å². The monoisotopic (exact) mass is 292 g/mol. The van der Waals surface area contributed by atoms with E-state index in [1.54, 1.807) is 49.6 Å². The summed E-state index contributed by atoms with van der Waals surface area (Å²) in [6, 6.07) is 8.45.